The lowest BCUT2D eigenvalue weighted by atomic mass is 10.1. The molecule has 0 radical (unpaired) electrons. The number of nitriles is 1. The molecule has 0 rings (SSSR count). The van der Waals surface area contributed by atoms with Gasteiger partial charge in [-0.1, -0.05) is 34.6 Å². The van der Waals surface area contributed by atoms with Gasteiger partial charge >= 0.3 is 0 Å². The highest BCUT2D eigenvalue weighted by molar-refractivity contribution is 5.97. The van der Waals surface area contributed by atoms with E-state index in [0.717, 1.165) is 19.5 Å². The zero-order chi connectivity index (χ0) is 14.8. The van der Waals surface area contributed by atoms with Crippen LogP contribution in [0, 0.1) is 23.2 Å². The smallest absolute Gasteiger partial charge is 0.263 e. The molecule has 1 amide bonds. The Bertz CT molecular complexity index is 330. The van der Waals surface area contributed by atoms with E-state index in [0.29, 0.717) is 18.4 Å². The first-order chi connectivity index (χ1) is 8.90. The number of carbonyl (C=O) groups is 1. The van der Waals surface area contributed by atoms with E-state index in [1.807, 2.05) is 13.0 Å². The number of rotatable bonds is 8. The molecule has 0 heterocycles. The van der Waals surface area contributed by atoms with Gasteiger partial charge in [-0.15, -0.1) is 0 Å². The summed E-state index contributed by atoms with van der Waals surface area (Å²) >= 11 is 0. The fourth-order valence-corrected chi connectivity index (χ4v) is 1.77. The third-order valence-electron chi connectivity index (χ3n) is 2.41. The van der Waals surface area contributed by atoms with E-state index in [4.69, 9.17) is 5.26 Å². The molecule has 108 valence electrons. The lowest BCUT2D eigenvalue weighted by molar-refractivity contribution is -0.117. The summed E-state index contributed by atoms with van der Waals surface area (Å²) in [6.45, 7) is 12.8. The van der Waals surface area contributed by atoms with Gasteiger partial charge in [-0.3, -0.25) is 4.79 Å². The van der Waals surface area contributed by atoms with E-state index in [1.165, 1.54) is 0 Å². The molecule has 0 aliphatic heterocycles. The summed E-state index contributed by atoms with van der Waals surface area (Å²) in [4.78, 5) is 13.9. The molecule has 0 unspecified atom stereocenters. The number of nitrogens with zero attached hydrogens (tertiary/aromatic N) is 2. The topological polar surface area (TPSA) is 56.1 Å². The fraction of sp³-hybridized carbons (Fsp3) is 0.733. The first kappa shape index (κ1) is 17.5. The maximum absolute atomic E-state index is 11.8. The summed E-state index contributed by atoms with van der Waals surface area (Å²) in [6, 6.07) is 2.00. The largest absolute Gasteiger partial charge is 0.376 e. The van der Waals surface area contributed by atoms with E-state index in [-0.39, 0.29) is 11.5 Å². The lowest BCUT2D eigenvalue weighted by Gasteiger charge is -2.24. The molecule has 0 bridgehead atoms. The Hall–Kier alpha value is -1.50. The lowest BCUT2D eigenvalue weighted by Crippen LogP contribution is -2.30. The minimum absolute atomic E-state index is 0.190. The van der Waals surface area contributed by atoms with Crippen molar-refractivity contribution < 1.29 is 4.79 Å². The molecule has 0 atom stereocenters. The van der Waals surface area contributed by atoms with Crippen molar-refractivity contribution in [3.63, 3.8) is 0 Å². The van der Waals surface area contributed by atoms with E-state index in [2.05, 4.69) is 37.9 Å². The van der Waals surface area contributed by atoms with Crippen LogP contribution in [-0.4, -0.2) is 30.4 Å². The zero-order valence-electron chi connectivity index (χ0n) is 12.9. The quantitative estimate of drug-likeness (QED) is 0.542. The summed E-state index contributed by atoms with van der Waals surface area (Å²) < 4.78 is 0. The predicted molar refractivity (Wildman–Crippen MR) is 78.2 cm³/mol. The number of amides is 1. The number of nitrogens with one attached hydrogen (secondary N) is 1. The van der Waals surface area contributed by atoms with Gasteiger partial charge in [0.05, 0.1) is 0 Å². The van der Waals surface area contributed by atoms with Gasteiger partial charge in [0.15, 0.2) is 0 Å². The van der Waals surface area contributed by atoms with Crippen LogP contribution >= 0.6 is 0 Å². The van der Waals surface area contributed by atoms with Gasteiger partial charge in [0, 0.05) is 25.8 Å². The average Bonchev–Trinajstić information content (AvgIpc) is 2.31. The Kier molecular flexibility index (Phi) is 8.69. The number of carbonyl (C=O) groups excluding carboxylic acids is 1. The van der Waals surface area contributed by atoms with Gasteiger partial charge in [0.1, 0.15) is 11.6 Å². The molecule has 0 saturated heterocycles. The molecule has 1 N–H and O–H groups in total. The summed E-state index contributed by atoms with van der Waals surface area (Å²) in [5, 5.41) is 11.8. The Balaban J connectivity index is 4.83. The first-order valence-electron chi connectivity index (χ1n) is 7.04. The summed E-state index contributed by atoms with van der Waals surface area (Å²) in [6.07, 6.45) is 2.57. The van der Waals surface area contributed by atoms with Crippen LogP contribution in [0.5, 0.6) is 0 Å². The van der Waals surface area contributed by atoms with Crippen LogP contribution in [0.1, 0.15) is 41.0 Å². The Morgan fingerprint density at radius 3 is 2.16 bits per heavy atom. The normalized spacial score (nSPS) is 11.6. The standard InChI is InChI=1S/C15H27N3O/c1-6-7-17-15(19)14(8-16)11-18(9-12(2)3)10-13(4)5/h11-13H,6-7,9-10H2,1-5H3,(H,17,19)/b14-11-. The predicted octanol–water partition coefficient (Wildman–Crippen LogP) is 2.53. The Morgan fingerprint density at radius 2 is 1.79 bits per heavy atom. The highest BCUT2D eigenvalue weighted by Crippen LogP contribution is 2.07. The summed E-state index contributed by atoms with van der Waals surface area (Å²) in [5.41, 5.74) is 0.190. The van der Waals surface area contributed by atoms with Crippen LogP contribution in [0.15, 0.2) is 11.8 Å². The van der Waals surface area contributed by atoms with Gasteiger partial charge in [0.25, 0.3) is 5.91 Å². The summed E-state index contributed by atoms with van der Waals surface area (Å²) in [5.74, 6) is 0.712. The molecule has 0 aliphatic carbocycles. The maximum Gasteiger partial charge on any atom is 0.263 e. The Morgan fingerprint density at radius 1 is 1.26 bits per heavy atom. The average molecular weight is 265 g/mol. The van der Waals surface area contributed by atoms with Crippen molar-refractivity contribution in [2.24, 2.45) is 11.8 Å². The van der Waals surface area contributed by atoms with Crippen molar-refractivity contribution in [1.82, 2.24) is 10.2 Å². The van der Waals surface area contributed by atoms with Crippen LogP contribution in [0.25, 0.3) is 0 Å². The SMILES string of the molecule is CCCNC(=O)/C(C#N)=C\N(CC(C)C)CC(C)C. The number of hydrogen-bond acceptors (Lipinski definition) is 3. The van der Waals surface area contributed by atoms with Crippen molar-refractivity contribution >= 4 is 5.91 Å². The van der Waals surface area contributed by atoms with Gasteiger partial charge in [-0.05, 0) is 18.3 Å². The van der Waals surface area contributed by atoms with E-state index in [1.54, 1.807) is 6.20 Å². The molecule has 4 heteroatoms. The van der Waals surface area contributed by atoms with Gasteiger partial charge in [0.2, 0.25) is 0 Å². The van der Waals surface area contributed by atoms with E-state index < -0.39 is 0 Å². The van der Waals surface area contributed by atoms with E-state index in [9.17, 15) is 4.79 Å². The molecule has 19 heavy (non-hydrogen) atoms. The molecule has 0 fully saturated rings. The second kappa shape index (κ2) is 9.43. The fourth-order valence-electron chi connectivity index (χ4n) is 1.77. The highest BCUT2D eigenvalue weighted by Gasteiger charge is 2.12. The van der Waals surface area contributed by atoms with Crippen molar-refractivity contribution in [3.05, 3.63) is 11.8 Å². The van der Waals surface area contributed by atoms with Crippen LogP contribution < -0.4 is 5.32 Å². The van der Waals surface area contributed by atoms with E-state index >= 15 is 0 Å². The monoisotopic (exact) mass is 265 g/mol. The molecular formula is C15H27N3O. The highest BCUT2D eigenvalue weighted by atomic mass is 16.1. The molecule has 0 spiro atoms. The molecule has 0 aromatic rings. The molecular weight excluding hydrogens is 238 g/mol. The summed E-state index contributed by atoms with van der Waals surface area (Å²) in [7, 11) is 0. The Labute approximate surface area is 117 Å². The maximum atomic E-state index is 11.8. The first-order valence-corrected chi connectivity index (χ1v) is 7.04. The zero-order valence-corrected chi connectivity index (χ0v) is 12.9. The van der Waals surface area contributed by atoms with Crippen molar-refractivity contribution in [3.8, 4) is 6.07 Å². The van der Waals surface area contributed by atoms with Crippen LogP contribution in [0.3, 0.4) is 0 Å². The van der Waals surface area contributed by atoms with Gasteiger partial charge in [-0.25, -0.2) is 0 Å². The number of hydrogen-bond donors (Lipinski definition) is 1. The van der Waals surface area contributed by atoms with Crippen LogP contribution in [-0.2, 0) is 4.79 Å². The second-order valence-electron chi connectivity index (χ2n) is 5.65. The van der Waals surface area contributed by atoms with Gasteiger partial charge in [-0.2, -0.15) is 5.26 Å². The minimum atomic E-state index is -0.276. The van der Waals surface area contributed by atoms with Crippen LogP contribution in [0.2, 0.25) is 0 Å². The van der Waals surface area contributed by atoms with Gasteiger partial charge < -0.3 is 10.2 Å². The van der Waals surface area contributed by atoms with Crippen molar-refractivity contribution in [1.29, 1.82) is 5.26 Å². The molecule has 4 nitrogen and oxygen atoms in total. The molecule has 0 saturated carbocycles. The molecule has 0 aromatic heterocycles. The molecule has 0 aromatic carbocycles. The van der Waals surface area contributed by atoms with Crippen molar-refractivity contribution in [2.45, 2.75) is 41.0 Å². The third-order valence-corrected chi connectivity index (χ3v) is 2.41. The molecule has 0 aliphatic rings. The van der Waals surface area contributed by atoms with Crippen molar-refractivity contribution in [2.75, 3.05) is 19.6 Å². The van der Waals surface area contributed by atoms with Crippen LogP contribution in [0.4, 0.5) is 0 Å². The minimum Gasteiger partial charge on any atom is -0.376 e. The second-order valence-corrected chi connectivity index (χ2v) is 5.65. The third kappa shape index (κ3) is 8.25.